The predicted octanol–water partition coefficient (Wildman–Crippen LogP) is 6.54. The minimum absolute atomic E-state index is 0.0155. The van der Waals surface area contributed by atoms with Crippen LogP contribution in [0.25, 0.3) is 0 Å². The van der Waals surface area contributed by atoms with Gasteiger partial charge in [-0.2, -0.15) is 13.2 Å². The minimum Gasteiger partial charge on any atom is -0.382 e. The van der Waals surface area contributed by atoms with E-state index >= 15 is 0 Å². The molecule has 1 aromatic heterocycles. The van der Waals surface area contributed by atoms with Crippen LogP contribution >= 0.6 is 11.3 Å². The molecule has 6 nitrogen and oxygen atoms in total. The lowest BCUT2D eigenvalue weighted by Gasteiger charge is -2.35. The van der Waals surface area contributed by atoms with Crippen LogP contribution < -0.4 is 5.32 Å². The zero-order valence-electron chi connectivity index (χ0n) is 23.5. The van der Waals surface area contributed by atoms with Crippen LogP contribution in [0.5, 0.6) is 0 Å². The van der Waals surface area contributed by atoms with Crippen LogP contribution in [0.1, 0.15) is 84.2 Å². The van der Waals surface area contributed by atoms with E-state index in [1.165, 1.54) is 11.3 Å². The number of benzene rings is 1. The van der Waals surface area contributed by atoms with Crippen molar-refractivity contribution in [2.24, 2.45) is 17.8 Å². The number of rotatable bonds is 10. The number of halogens is 3. The Morgan fingerprint density at radius 2 is 1.80 bits per heavy atom. The summed E-state index contributed by atoms with van der Waals surface area (Å²) in [4.78, 5) is 17.7. The molecule has 1 aliphatic carbocycles. The number of carbonyl (C=O) groups is 1. The number of hydrogen-bond acceptors (Lipinski definition) is 6. The van der Waals surface area contributed by atoms with Gasteiger partial charge in [0.05, 0.1) is 34.1 Å². The molecule has 2 aromatic rings. The van der Waals surface area contributed by atoms with Gasteiger partial charge in [0.2, 0.25) is 0 Å². The van der Waals surface area contributed by atoms with Crippen LogP contribution in [0.2, 0.25) is 0 Å². The number of alkyl halides is 3. The van der Waals surface area contributed by atoms with Crippen molar-refractivity contribution >= 4 is 27.1 Å². The molecule has 0 saturated heterocycles. The summed E-state index contributed by atoms with van der Waals surface area (Å²) in [6.45, 7) is 7.58. The smallest absolute Gasteiger partial charge is 0.382 e. The van der Waals surface area contributed by atoms with Gasteiger partial charge < -0.3 is 10.1 Å². The topological polar surface area (TPSA) is 75.7 Å². The Hall–Kier alpha value is -1.95. The Labute approximate surface area is 239 Å². The Morgan fingerprint density at radius 3 is 2.35 bits per heavy atom. The molecule has 11 heteroatoms. The summed E-state index contributed by atoms with van der Waals surface area (Å²) >= 11 is 1.48. The molecule has 1 amide bonds. The fraction of sp³-hybridized carbons (Fsp3) is 0.621. The lowest BCUT2D eigenvalue weighted by molar-refractivity contribution is -0.184. The molecular formula is C29H39F3N2O4S2. The van der Waals surface area contributed by atoms with E-state index in [4.69, 9.17) is 4.74 Å². The van der Waals surface area contributed by atoms with Crippen molar-refractivity contribution < 1.29 is 31.1 Å². The highest BCUT2D eigenvalue weighted by molar-refractivity contribution is 7.91. The molecule has 4 rings (SSSR count). The van der Waals surface area contributed by atoms with Gasteiger partial charge in [-0.1, -0.05) is 32.9 Å². The molecule has 2 heterocycles. The van der Waals surface area contributed by atoms with Crippen LogP contribution in [0, 0.1) is 17.8 Å². The zero-order valence-corrected chi connectivity index (χ0v) is 25.1. The lowest BCUT2D eigenvalue weighted by Crippen LogP contribution is -2.35. The second kappa shape index (κ2) is 12.5. The highest BCUT2D eigenvalue weighted by atomic mass is 32.2. The van der Waals surface area contributed by atoms with Gasteiger partial charge in [-0.05, 0) is 66.8 Å². The van der Waals surface area contributed by atoms with Crippen LogP contribution in [-0.2, 0) is 21.1 Å². The maximum Gasteiger partial charge on any atom is 0.391 e. The number of fused-ring (bicyclic) bond motifs is 1. The first kappa shape index (κ1) is 31.0. The van der Waals surface area contributed by atoms with Gasteiger partial charge in [0.15, 0.2) is 9.84 Å². The van der Waals surface area contributed by atoms with Crippen LogP contribution in [0.15, 0.2) is 35.2 Å². The van der Waals surface area contributed by atoms with E-state index in [9.17, 15) is 26.4 Å². The molecule has 1 aliphatic heterocycles. The molecule has 40 heavy (non-hydrogen) atoms. The largest absolute Gasteiger partial charge is 0.391 e. The summed E-state index contributed by atoms with van der Waals surface area (Å²) in [6.07, 6.45) is -2.49. The lowest BCUT2D eigenvalue weighted by atomic mass is 9.81. The number of nitrogens with zero attached hydrogens (tertiary/aromatic N) is 1. The van der Waals surface area contributed by atoms with Crippen LogP contribution in [0.4, 0.5) is 13.2 Å². The third-order valence-electron chi connectivity index (χ3n) is 8.20. The number of amides is 1. The Bertz CT molecular complexity index is 1270. The fourth-order valence-corrected chi connectivity index (χ4v) is 8.28. The fourth-order valence-electron chi connectivity index (χ4n) is 6.01. The molecular weight excluding hydrogens is 561 g/mol. The first-order valence-electron chi connectivity index (χ1n) is 13.9. The second-order valence-electron chi connectivity index (χ2n) is 11.3. The zero-order chi connectivity index (χ0) is 29.2. The number of thiophene rings is 1. The summed E-state index contributed by atoms with van der Waals surface area (Å²) in [7, 11) is -1.77. The van der Waals surface area contributed by atoms with E-state index in [0.29, 0.717) is 30.2 Å². The average molecular weight is 601 g/mol. The SMILES string of the molecule is CCS(=O)(=O)c1ccc(C(COC)NC(=O)c2cc3c(s2)C(C(C)C)N(CC2CCC(C(F)(F)F)CC2)C3)cc1. The monoisotopic (exact) mass is 600 g/mol. The van der Waals surface area contributed by atoms with Crippen molar-refractivity contribution in [2.45, 2.75) is 76.2 Å². The van der Waals surface area contributed by atoms with Crippen molar-refractivity contribution in [2.75, 3.05) is 26.0 Å². The van der Waals surface area contributed by atoms with Crippen molar-refractivity contribution in [3.8, 4) is 0 Å². The minimum atomic E-state index is -4.10. The number of nitrogens with one attached hydrogen (secondary N) is 1. The predicted molar refractivity (Wildman–Crippen MR) is 150 cm³/mol. The van der Waals surface area contributed by atoms with Crippen molar-refractivity contribution in [3.63, 3.8) is 0 Å². The first-order chi connectivity index (χ1) is 18.8. The van der Waals surface area contributed by atoms with Crippen LogP contribution in [-0.4, -0.2) is 51.4 Å². The van der Waals surface area contributed by atoms with Gasteiger partial charge in [-0.3, -0.25) is 9.69 Å². The number of carbonyl (C=O) groups excluding carboxylic acids is 1. The van der Waals surface area contributed by atoms with E-state index in [-0.39, 0.29) is 48.0 Å². The Balaban J connectivity index is 1.43. The third kappa shape index (κ3) is 6.91. The Kier molecular flexibility index (Phi) is 9.69. The van der Waals surface area contributed by atoms with E-state index in [1.54, 1.807) is 38.3 Å². The number of methoxy groups -OCH3 is 1. The summed E-state index contributed by atoms with van der Waals surface area (Å²) < 4.78 is 69.0. The molecule has 0 spiro atoms. The summed E-state index contributed by atoms with van der Waals surface area (Å²) in [5.74, 6) is -0.824. The molecule has 0 bridgehead atoms. The Morgan fingerprint density at radius 1 is 1.15 bits per heavy atom. The normalized spacial score (nSPS) is 22.9. The number of hydrogen-bond donors (Lipinski definition) is 1. The quantitative estimate of drug-likeness (QED) is 0.335. The van der Waals surface area contributed by atoms with E-state index < -0.39 is 28.0 Å². The molecule has 222 valence electrons. The van der Waals surface area contributed by atoms with Crippen molar-refractivity contribution in [1.29, 1.82) is 0 Å². The van der Waals surface area contributed by atoms with Gasteiger partial charge in [0.25, 0.3) is 5.91 Å². The standard InChI is InChI=1S/C29H39F3N2O4S2/c1-5-40(36,37)23-12-8-20(9-13-23)24(17-38-4)33-28(35)25-14-21-16-34(26(18(2)3)27(21)39-25)15-19-6-10-22(11-7-19)29(30,31)32/h8-9,12-14,18-19,22,24,26H,5-7,10-11,15-17H2,1-4H3,(H,33,35). The molecule has 2 unspecified atom stereocenters. The molecule has 1 N–H and O–H groups in total. The van der Waals surface area contributed by atoms with Gasteiger partial charge in [0, 0.05) is 31.1 Å². The van der Waals surface area contributed by atoms with E-state index in [1.807, 2.05) is 6.07 Å². The molecule has 2 atom stereocenters. The first-order valence-corrected chi connectivity index (χ1v) is 16.4. The molecule has 1 aromatic carbocycles. The summed E-state index contributed by atoms with van der Waals surface area (Å²) in [5.41, 5.74) is 1.86. The molecule has 0 radical (unpaired) electrons. The summed E-state index contributed by atoms with van der Waals surface area (Å²) in [5, 5.41) is 3.04. The van der Waals surface area contributed by atoms with Gasteiger partial charge in [-0.25, -0.2) is 8.42 Å². The van der Waals surface area contributed by atoms with E-state index in [2.05, 4.69) is 24.1 Å². The van der Waals surface area contributed by atoms with Gasteiger partial charge in [-0.15, -0.1) is 11.3 Å². The third-order valence-corrected chi connectivity index (χ3v) is 11.2. The molecule has 1 fully saturated rings. The maximum atomic E-state index is 13.3. The van der Waals surface area contributed by atoms with Gasteiger partial charge in [0.1, 0.15) is 0 Å². The summed E-state index contributed by atoms with van der Waals surface area (Å²) in [6, 6.07) is 8.14. The van der Waals surface area contributed by atoms with E-state index in [0.717, 1.165) is 22.5 Å². The number of ether oxygens (including phenoxy) is 1. The maximum absolute atomic E-state index is 13.3. The average Bonchev–Trinajstić information content (AvgIpc) is 3.46. The molecule has 2 aliphatic rings. The van der Waals surface area contributed by atoms with Gasteiger partial charge >= 0.3 is 6.18 Å². The highest BCUT2D eigenvalue weighted by Gasteiger charge is 2.43. The number of sulfone groups is 1. The van der Waals surface area contributed by atoms with Crippen LogP contribution in [0.3, 0.4) is 0 Å². The van der Waals surface area contributed by atoms with Crippen molar-refractivity contribution in [3.05, 3.63) is 51.2 Å². The van der Waals surface area contributed by atoms with Crippen molar-refractivity contribution in [1.82, 2.24) is 10.2 Å². The molecule has 1 saturated carbocycles. The highest BCUT2D eigenvalue weighted by Crippen LogP contribution is 2.46. The second-order valence-corrected chi connectivity index (χ2v) is 14.7.